The van der Waals surface area contributed by atoms with Crippen molar-refractivity contribution in [2.75, 3.05) is 25.0 Å². The number of benzene rings is 2. The molecule has 1 atom stereocenters. The molecule has 0 unspecified atom stereocenters. The topological polar surface area (TPSA) is 99.8 Å². The number of piperidine rings is 1. The number of carbonyl (C=O) groups is 3. The van der Waals surface area contributed by atoms with E-state index in [9.17, 15) is 14.4 Å². The minimum atomic E-state index is -0.633. The number of anilines is 1. The van der Waals surface area contributed by atoms with E-state index in [1.165, 1.54) is 6.92 Å². The fourth-order valence-corrected chi connectivity index (χ4v) is 3.84. The smallest absolute Gasteiger partial charge is 0.321 e. The van der Waals surface area contributed by atoms with Gasteiger partial charge in [0.2, 0.25) is 11.8 Å². The fourth-order valence-electron chi connectivity index (χ4n) is 3.84. The number of hydrogen-bond donors (Lipinski definition) is 3. The molecule has 1 aliphatic heterocycles. The minimum Gasteiger partial charge on any atom is -0.494 e. The van der Waals surface area contributed by atoms with E-state index in [4.69, 9.17) is 4.74 Å². The lowest BCUT2D eigenvalue weighted by molar-refractivity contribution is -0.128. The van der Waals surface area contributed by atoms with Crippen LogP contribution in [-0.2, 0) is 16.0 Å². The Morgan fingerprint density at radius 2 is 1.70 bits per heavy atom. The molecular weight excluding hydrogens is 420 g/mol. The molecule has 0 radical (unpaired) electrons. The molecule has 1 saturated heterocycles. The van der Waals surface area contributed by atoms with Gasteiger partial charge in [-0.2, -0.15) is 0 Å². The molecule has 0 bridgehead atoms. The quantitative estimate of drug-likeness (QED) is 0.573. The van der Waals surface area contributed by atoms with Crippen LogP contribution in [0.15, 0.2) is 54.6 Å². The molecule has 0 aromatic heterocycles. The van der Waals surface area contributed by atoms with E-state index in [0.29, 0.717) is 44.6 Å². The zero-order valence-corrected chi connectivity index (χ0v) is 19.2. The first-order valence-electron chi connectivity index (χ1n) is 11.3. The lowest BCUT2D eigenvalue weighted by atomic mass is 10.0. The number of hydrogen-bond acceptors (Lipinski definition) is 4. The van der Waals surface area contributed by atoms with Crippen LogP contribution >= 0.6 is 0 Å². The van der Waals surface area contributed by atoms with Crippen LogP contribution in [0.4, 0.5) is 10.5 Å². The van der Waals surface area contributed by atoms with E-state index in [2.05, 4.69) is 16.0 Å². The van der Waals surface area contributed by atoms with Crippen LogP contribution in [0.1, 0.15) is 32.3 Å². The van der Waals surface area contributed by atoms with Crippen LogP contribution in [0.3, 0.4) is 0 Å². The van der Waals surface area contributed by atoms with Gasteiger partial charge in [-0.15, -0.1) is 0 Å². The Bertz CT molecular complexity index is 925. The number of nitrogens with one attached hydrogen (secondary N) is 3. The van der Waals surface area contributed by atoms with Crippen molar-refractivity contribution in [3.05, 3.63) is 60.2 Å². The number of rotatable bonds is 8. The van der Waals surface area contributed by atoms with E-state index in [-0.39, 0.29) is 23.9 Å². The van der Waals surface area contributed by atoms with Crippen molar-refractivity contribution in [3.8, 4) is 5.75 Å². The molecule has 1 heterocycles. The van der Waals surface area contributed by atoms with Crippen molar-refractivity contribution in [2.24, 2.45) is 0 Å². The van der Waals surface area contributed by atoms with Crippen LogP contribution in [0, 0.1) is 0 Å². The second-order valence-corrected chi connectivity index (χ2v) is 8.10. The number of ether oxygens (including phenoxy) is 1. The van der Waals surface area contributed by atoms with Crippen molar-refractivity contribution in [3.63, 3.8) is 0 Å². The van der Waals surface area contributed by atoms with Crippen LogP contribution in [0.25, 0.3) is 0 Å². The predicted molar refractivity (Wildman–Crippen MR) is 127 cm³/mol. The van der Waals surface area contributed by atoms with Crippen LogP contribution in [0.2, 0.25) is 0 Å². The van der Waals surface area contributed by atoms with Gasteiger partial charge in [-0.25, -0.2) is 4.79 Å². The Balaban J connectivity index is 1.48. The highest BCUT2D eigenvalue weighted by Crippen LogP contribution is 2.17. The van der Waals surface area contributed by atoms with Crippen LogP contribution in [-0.4, -0.2) is 54.5 Å². The predicted octanol–water partition coefficient (Wildman–Crippen LogP) is 2.95. The van der Waals surface area contributed by atoms with E-state index in [1.807, 2.05) is 61.5 Å². The second kappa shape index (κ2) is 11.9. The zero-order chi connectivity index (χ0) is 23.6. The Hall–Kier alpha value is -3.55. The van der Waals surface area contributed by atoms with Gasteiger partial charge in [0.25, 0.3) is 0 Å². The summed E-state index contributed by atoms with van der Waals surface area (Å²) in [5.41, 5.74) is 1.69. The third-order valence-electron chi connectivity index (χ3n) is 5.52. The maximum absolute atomic E-state index is 12.9. The SMILES string of the molecule is CCOc1ccc(NC(=O)N2CCC(NC(=O)[C@H](Cc3ccccc3)NC(C)=O)CC2)cc1. The van der Waals surface area contributed by atoms with Gasteiger partial charge in [0, 0.05) is 38.2 Å². The highest BCUT2D eigenvalue weighted by atomic mass is 16.5. The molecular formula is C25H32N4O4. The van der Waals surface area contributed by atoms with Gasteiger partial charge < -0.3 is 25.6 Å². The summed E-state index contributed by atoms with van der Waals surface area (Å²) in [4.78, 5) is 38.8. The lowest BCUT2D eigenvalue weighted by Crippen LogP contribution is -2.53. The molecule has 8 nitrogen and oxygen atoms in total. The Morgan fingerprint density at radius 3 is 2.30 bits per heavy atom. The average molecular weight is 453 g/mol. The third-order valence-corrected chi connectivity index (χ3v) is 5.52. The first kappa shape index (κ1) is 24.1. The average Bonchev–Trinajstić information content (AvgIpc) is 2.81. The zero-order valence-electron chi connectivity index (χ0n) is 19.2. The number of likely N-dealkylation sites (tertiary alicyclic amines) is 1. The van der Waals surface area contributed by atoms with Crippen molar-refractivity contribution in [2.45, 2.75) is 45.2 Å². The maximum Gasteiger partial charge on any atom is 0.321 e. The van der Waals surface area contributed by atoms with Gasteiger partial charge in [0.15, 0.2) is 0 Å². The largest absolute Gasteiger partial charge is 0.494 e. The first-order chi connectivity index (χ1) is 15.9. The Labute approximate surface area is 194 Å². The molecule has 0 spiro atoms. The highest BCUT2D eigenvalue weighted by Gasteiger charge is 2.27. The molecule has 8 heteroatoms. The number of urea groups is 1. The van der Waals surface area contributed by atoms with Gasteiger partial charge in [0.1, 0.15) is 11.8 Å². The van der Waals surface area contributed by atoms with Crippen molar-refractivity contribution < 1.29 is 19.1 Å². The second-order valence-electron chi connectivity index (χ2n) is 8.10. The highest BCUT2D eigenvalue weighted by molar-refractivity contribution is 5.89. The van der Waals surface area contributed by atoms with Crippen molar-refractivity contribution >= 4 is 23.5 Å². The number of nitrogens with zero attached hydrogens (tertiary/aromatic N) is 1. The summed E-state index contributed by atoms with van der Waals surface area (Å²) in [7, 11) is 0. The number of carbonyl (C=O) groups excluding carboxylic acids is 3. The number of amides is 4. The molecule has 1 aliphatic rings. The monoisotopic (exact) mass is 452 g/mol. The summed E-state index contributed by atoms with van der Waals surface area (Å²) in [6.07, 6.45) is 1.73. The lowest BCUT2D eigenvalue weighted by Gasteiger charge is -2.33. The third kappa shape index (κ3) is 7.52. The summed E-state index contributed by atoms with van der Waals surface area (Å²) < 4.78 is 5.42. The summed E-state index contributed by atoms with van der Waals surface area (Å²) in [5.74, 6) is 0.315. The van der Waals surface area contributed by atoms with E-state index in [1.54, 1.807) is 4.90 Å². The summed E-state index contributed by atoms with van der Waals surface area (Å²) >= 11 is 0. The first-order valence-corrected chi connectivity index (χ1v) is 11.3. The summed E-state index contributed by atoms with van der Waals surface area (Å²) in [5, 5.41) is 8.70. The molecule has 2 aromatic rings. The van der Waals surface area contributed by atoms with E-state index < -0.39 is 6.04 Å². The van der Waals surface area contributed by atoms with Crippen LogP contribution < -0.4 is 20.7 Å². The molecule has 2 aromatic carbocycles. The van der Waals surface area contributed by atoms with Crippen LogP contribution in [0.5, 0.6) is 5.75 Å². The molecule has 0 saturated carbocycles. The standard InChI is InChI=1S/C25H32N4O4/c1-3-33-22-11-9-20(10-12-22)28-25(32)29-15-13-21(14-16-29)27-24(31)23(26-18(2)30)17-19-7-5-4-6-8-19/h4-12,21,23H,3,13-17H2,1-2H3,(H,26,30)(H,27,31)(H,28,32)/t23-/m0/s1. The van der Waals surface area contributed by atoms with Gasteiger partial charge >= 0.3 is 6.03 Å². The van der Waals surface area contributed by atoms with Crippen molar-refractivity contribution in [1.82, 2.24) is 15.5 Å². The molecule has 176 valence electrons. The minimum absolute atomic E-state index is 0.0425. The Kier molecular flexibility index (Phi) is 8.69. The summed E-state index contributed by atoms with van der Waals surface area (Å²) in [6.45, 7) is 5.00. The maximum atomic E-state index is 12.9. The molecule has 4 amide bonds. The molecule has 0 aliphatic carbocycles. The molecule has 3 rings (SSSR count). The molecule has 1 fully saturated rings. The van der Waals surface area contributed by atoms with E-state index >= 15 is 0 Å². The molecule has 33 heavy (non-hydrogen) atoms. The summed E-state index contributed by atoms with van der Waals surface area (Å²) in [6, 6.07) is 16.0. The van der Waals surface area contributed by atoms with Crippen molar-refractivity contribution in [1.29, 1.82) is 0 Å². The Morgan fingerprint density at radius 1 is 1.03 bits per heavy atom. The van der Waals surface area contributed by atoms with Gasteiger partial charge in [-0.1, -0.05) is 30.3 Å². The normalized spacial score (nSPS) is 14.8. The fraction of sp³-hybridized carbons (Fsp3) is 0.400. The van der Waals surface area contributed by atoms with E-state index in [0.717, 1.165) is 11.3 Å². The van der Waals surface area contributed by atoms with Gasteiger partial charge in [0.05, 0.1) is 6.61 Å². The van der Waals surface area contributed by atoms with Gasteiger partial charge in [-0.3, -0.25) is 9.59 Å². The molecule has 3 N–H and O–H groups in total. The van der Waals surface area contributed by atoms with Gasteiger partial charge in [-0.05, 0) is 49.6 Å².